The first-order chi connectivity index (χ1) is 9.29. The number of nitrogens with zero attached hydrogens (tertiary/aromatic N) is 2. The molecule has 0 aliphatic rings. The summed E-state index contributed by atoms with van der Waals surface area (Å²) in [5, 5.41) is 13.2. The van der Waals surface area contributed by atoms with Crippen LogP contribution in [0.5, 0.6) is 0 Å². The van der Waals surface area contributed by atoms with Crippen LogP contribution >= 0.6 is 11.3 Å². The van der Waals surface area contributed by atoms with Crippen molar-refractivity contribution in [2.45, 2.75) is 6.54 Å². The van der Waals surface area contributed by atoms with E-state index in [9.17, 15) is 4.79 Å². The van der Waals surface area contributed by atoms with E-state index in [4.69, 9.17) is 5.11 Å². The lowest BCUT2D eigenvalue weighted by molar-refractivity contribution is 0.0945. The fraction of sp³-hybridized carbons (Fsp3) is 0.154. The molecule has 0 aromatic carbocycles. The summed E-state index contributed by atoms with van der Waals surface area (Å²) < 4.78 is 0. The molecular weight excluding hydrogens is 262 g/mol. The van der Waals surface area contributed by atoms with E-state index >= 15 is 0 Å². The van der Waals surface area contributed by atoms with Crippen LogP contribution in [0.1, 0.15) is 21.7 Å². The molecule has 5 nitrogen and oxygen atoms in total. The van der Waals surface area contributed by atoms with Gasteiger partial charge in [-0.05, 0) is 12.1 Å². The maximum Gasteiger partial charge on any atom is 0.270 e. The van der Waals surface area contributed by atoms with Gasteiger partial charge < -0.3 is 10.4 Å². The molecule has 2 rings (SSSR count). The fourth-order valence-electron chi connectivity index (χ4n) is 1.33. The highest BCUT2D eigenvalue weighted by Gasteiger charge is 2.06. The third-order valence-electron chi connectivity index (χ3n) is 2.22. The molecule has 2 heterocycles. The molecule has 0 radical (unpaired) electrons. The molecule has 2 aromatic heterocycles. The van der Waals surface area contributed by atoms with Gasteiger partial charge in [0.25, 0.3) is 5.91 Å². The third-order valence-corrected chi connectivity index (χ3v) is 2.86. The van der Waals surface area contributed by atoms with Gasteiger partial charge in [0.2, 0.25) is 0 Å². The first kappa shape index (κ1) is 13.2. The molecule has 0 spiro atoms. The van der Waals surface area contributed by atoms with Crippen molar-refractivity contribution in [2.75, 3.05) is 6.61 Å². The molecule has 0 atom stereocenters. The highest BCUT2D eigenvalue weighted by Crippen LogP contribution is 2.02. The molecule has 1 amide bonds. The lowest BCUT2D eigenvalue weighted by Gasteiger charge is -2.02. The number of rotatable bonds is 3. The maximum atomic E-state index is 11.8. The number of pyridine rings is 1. The minimum absolute atomic E-state index is 0.199. The smallest absolute Gasteiger partial charge is 0.270 e. The summed E-state index contributed by atoms with van der Waals surface area (Å²) in [4.78, 5) is 19.9. The standard InChI is InChI=1S/C13H11N3O2S/c17-5-1-2-10-3-4-12(14-6-10)13(18)15-7-11-8-19-9-16-11/h3-4,6,8-9,17H,5,7H2,(H,15,18). The van der Waals surface area contributed by atoms with Crippen LogP contribution in [0.15, 0.2) is 29.2 Å². The van der Waals surface area contributed by atoms with Crippen LogP contribution < -0.4 is 5.32 Å². The van der Waals surface area contributed by atoms with Gasteiger partial charge in [0.15, 0.2) is 0 Å². The van der Waals surface area contributed by atoms with Crippen molar-refractivity contribution < 1.29 is 9.90 Å². The summed E-state index contributed by atoms with van der Waals surface area (Å²) in [5.74, 6) is 4.97. The number of aliphatic hydroxyl groups excluding tert-OH is 1. The third kappa shape index (κ3) is 3.88. The number of aromatic nitrogens is 2. The highest BCUT2D eigenvalue weighted by atomic mass is 32.1. The number of nitrogens with one attached hydrogen (secondary N) is 1. The van der Waals surface area contributed by atoms with Crippen LogP contribution in [0.25, 0.3) is 0 Å². The van der Waals surface area contributed by atoms with Crippen LogP contribution in [0.4, 0.5) is 0 Å². The van der Waals surface area contributed by atoms with E-state index in [0.29, 0.717) is 17.8 Å². The lowest BCUT2D eigenvalue weighted by Crippen LogP contribution is -2.23. The summed E-state index contributed by atoms with van der Waals surface area (Å²) in [7, 11) is 0. The van der Waals surface area contributed by atoms with E-state index in [1.54, 1.807) is 17.6 Å². The summed E-state index contributed by atoms with van der Waals surface area (Å²) in [6.07, 6.45) is 1.50. The Hall–Kier alpha value is -2.23. The van der Waals surface area contributed by atoms with Gasteiger partial charge >= 0.3 is 0 Å². The van der Waals surface area contributed by atoms with Gasteiger partial charge in [-0.15, -0.1) is 11.3 Å². The zero-order valence-electron chi connectivity index (χ0n) is 9.96. The Kier molecular flexibility index (Phi) is 4.61. The summed E-state index contributed by atoms with van der Waals surface area (Å²) in [6.45, 7) is 0.186. The number of hydrogen-bond donors (Lipinski definition) is 2. The molecule has 19 heavy (non-hydrogen) atoms. The van der Waals surface area contributed by atoms with Crippen molar-refractivity contribution in [3.8, 4) is 11.8 Å². The van der Waals surface area contributed by atoms with E-state index in [1.165, 1.54) is 17.5 Å². The Morgan fingerprint density at radius 3 is 2.95 bits per heavy atom. The first-order valence-electron chi connectivity index (χ1n) is 5.50. The van der Waals surface area contributed by atoms with Crippen LogP contribution in [0.2, 0.25) is 0 Å². The minimum Gasteiger partial charge on any atom is -0.384 e. The maximum absolute atomic E-state index is 11.8. The van der Waals surface area contributed by atoms with Crippen LogP contribution in [-0.2, 0) is 6.54 Å². The van der Waals surface area contributed by atoms with E-state index < -0.39 is 0 Å². The Labute approximate surface area is 114 Å². The van der Waals surface area contributed by atoms with Crippen molar-refractivity contribution in [3.63, 3.8) is 0 Å². The quantitative estimate of drug-likeness (QED) is 0.812. The highest BCUT2D eigenvalue weighted by molar-refractivity contribution is 7.07. The molecule has 2 N–H and O–H groups in total. The van der Waals surface area contributed by atoms with Gasteiger partial charge in [0, 0.05) is 17.1 Å². The largest absolute Gasteiger partial charge is 0.384 e. The minimum atomic E-state index is -0.255. The summed E-state index contributed by atoms with van der Waals surface area (Å²) in [5.41, 5.74) is 3.52. The lowest BCUT2D eigenvalue weighted by atomic mass is 10.2. The molecule has 0 aliphatic heterocycles. The van der Waals surface area contributed by atoms with Gasteiger partial charge in [-0.1, -0.05) is 11.8 Å². The summed E-state index contributed by atoms with van der Waals surface area (Å²) in [6, 6.07) is 3.28. The predicted molar refractivity (Wildman–Crippen MR) is 71.5 cm³/mol. The normalized spacial score (nSPS) is 9.53. The fourth-order valence-corrected chi connectivity index (χ4v) is 1.89. The zero-order valence-corrected chi connectivity index (χ0v) is 10.8. The Balaban J connectivity index is 1.95. The van der Waals surface area contributed by atoms with E-state index in [2.05, 4.69) is 27.1 Å². The van der Waals surface area contributed by atoms with Crippen molar-refractivity contribution in [1.82, 2.24) is 15.3 Å². The molecule has 0 bridgehead atoms. The molecule has 0 aliphatic carbocycles. The van der Waals surface area contributed by atoms with E-state index in [0.717, 1.165) is 5.69 Å². The Morgan fingerprint density at radius 2 is 2.32 bits per heavy atom. The van der Waals surface area contributed by atoms with Gasteiger partial charge in [0.05, 0.1) is 17.7 Å². The van der Waals surface area contributed by atoms with Crippen LogP contribution in [0, 0.1) is 11.8 Å². The molecule has 0 saturated heterocycles. The van der Waals surface area contributed by atoms with Gasteiger partial charge in [-0.3, -0.25) is 4.79 Å². The first-order valence-corrected chi connectivity index (χ1v) is 6.45. The number of hydrogen-bond acceptors (Lipinski definition) is 5. The molecule has 6 heteroatoms. The Bertz CT molecular complexity index is 597. The average molecular weight is 273 g/mol. The van der Waals surface area contributed by atoms with E-state index in [1.807, 2.05) is 5.38 Å². The number of carbonyl (C=O) groups excluding carboxylic acids is 1. The van der Waals surface area contributed by atoms with Crippen molar-refractivity contribution in [2.24, 2.45) is 0 Å². The second-order valence-corrected chi connectivity index (χ2v) is 4.27. The molecule has 0 saturated carbocycles. The molecule has 2 aromatic rings. The molecular formula is C13H11N3O2S. The second-order valence-electron chi connectivity index (χ2n) is 3.55. The van der Waals surface area contributed by atoms with Gasteiger partial charge in [-0.2, -0.15) is 0 Å². The predicted octanol–water partition coefficient (Wildman–Crippen LogP) is 0.812. The van der Waals surface area contributed by atoms with Crippen LogP contribution in [0.3, 0.4) is 0 Å². The Morgan fingerprint density at radius 1 is 1.42 bits per heavy atom. The van der Waals surface area contributed by atoms with Crippen molar-refractivity contribution in [3.05, 3.63) is 46.2 Å². The van der Waals surface area contributed by atoms with Crippen molar-refractivity contribution in [1.29, 1.82) is 0 Å². The van der Waals surface area contributed by atoms with E-state index in [-0.39, 0.29) is 12.5 Å². The average Bonchev–Trinajstić information content (AvgIpc) is 2.96. The molecule has 0 fully saturated rings. The van der Waals surface area contributed by atoms with Gasteiger partial charge in [-0.25, -0.2) is 9.97 Å². The number of aliphatic hydroxyl groups is 1. The topological polar surface area (TPSA) is 75.1 Å². The summed E-state index contributed by atoms with van der Waals surface area (Å²) >= 11 is 1.48. The zero-order chi connectivity index (χ0) is 13.5. The number of thiazole rings is 1. The SMILES string of the molecule is O=C(NCc1cscn1)c1ccc(C#CCO)cn1. The number of amides is 1. The monoisotopic (exact) mass is 273 g/mol. The second kappa shape index (κ2) is 6.64. The van der Waals surface area contributed by atoms with Crippen molar-refractivity contribution >= 4 is 17.2 Å². The number of carbonyl (C=O) groups is 1. The van der Waals surface area contributed by atoms with Crippen LogP contribution in [-0.4, -0.2) is 27.6 Å². The molecule has 0 unspecified atom stereocenters. The van der Waals surface area contributed by atoms with Gasteiger partial charge in [0.1, 0.15) is 12.3 Å². The molecule has 96 valence electrons.